The molecule has 1 aromatic heterocycles. The molecule has 2 rings (SSSR count). The van der Waals surface area contributed by atoms with Crippen molar-refractivity contribution in [3.63, 3.8) is 0 Å². The lowest BCUT2D eigenvalue weighted by atomic mass is 10.1. The SMILES string of the molecule is Cc1[nH]c2c(F)cccc2c1C=O. The van der Waals surface area contributed by atoms with E-state index in [2.05, 4.69) is 4.98 Å². The summed E-state index contributed by atoms with van der Waals surface area (Å²) in [6, 6.07) is 4.69. The Kier molecular flexibility index (Phi) is 1.65. The second kappa shape index (κ2) is 2.69. The molecule has 0 aliphatic rings. The van der Waals surface area contributed by atoms with Gasteiger partial charge in [0.1, 0.15) is 5.82 Å². The Morgan fingerprint density at radius 3 is 2.92 bits per heavy atom. The number of aromatic amines is 1. The Bertz CT molecular complexity index is 473. The van der Waals surface area contributed by atoms with Gasteiger partial charge in [0, 0.05) is 16.6 Å². The number of hydrogen-bond acceptors (Lipinski definition) is 1. The van der Waals surface area contributed by atoms with Crippen LogP contribution in [0.4, 0.5) is 4.39 Å². The molecule has 2 aromatic rings. The van der Waals surface area contributed by atoms with Crippen molar-refractivity contribution in [3.8, 4) is 0 Å². The predicted molar refractivity (Wildman–Crippen MR) is 48.4 cm³/mol. The van der Waals surface area contributed by atoms with Crippen molar-refractivity contribution in [2.24, 2.45) is 0 Å². The quantitative estimate of drug-likeness (QED) is 0.666. The summed E-state index contributed by atoms with van der Waals surface area (Å²) in [5.41, 5.74) is 1.65. The Balaban J connectivity index is 2.93. The molecule has 0 spiro atoms. The lowest BCUT2D eigenvalue weighted by Gasteiger charge is -1.90. The molecule has 0 fully saturated rings. The first-order valence-corrected chi connectivity index (χ1v) is 3.96. The van der Waals surface area contributed by atoms with E-state index in [0.717, 1.165) is 6.29 Å². The van der Waals surface area contributed by atoms with E-state index in [-0.39, 0.29) is 5.82 Å². The first-order valence-electron chi connectivity index (χ1n) is 3.96. The lowest BCUT2D eigenvalue weighted by Crippen LogP contribution is -1.79. The van der Waals surface area contributed by atoms with Gasteiger partial charge < -0.3 is 4.98 Å². The van der Waals surface area contributed by atoms with Gasteiger partial charge in [-0.2, -0.15) is 0 Å². The van der Waals surface area contributed by atoms with E-state index < -0.39 is 0 Å². The van der Waals surface area contributed by atoms with Gasteiger partial charge in [-0.05, 0) is 13.0 Å². The molecule has 1 N–H and O–H groups in total. The van der Waals surface area contributed by atoms with E-state index in [4.69, 9.17) is 0 Å². The molecule has 66 valence electrons. The van der Waals surface area contributed by atoms with Gasteiger partial charge in [0.15, 0.2) is 6.29 Å². The number of fused-ring (bicyclic) bond motifs is 1. The molecule has 0 aliphatic carbocycles. The average molecular weight is 177 g/mol. The molecule has 0 radical (unpaired) electrons. The number of carbonyl (C=O) groups excluding carboxylic acids is 1. The van der Waals surface area contributed by atoms with Crippen LogP contribution in [0.3, 0.4) is 0 Å². The molecule has 0 unspecified atom stereocenters. The summed E-state index contributed by atoms with van der Waals surface area (Å²) in [4.78, 5) is 13.5. The number of rotatable bonds is 1. The van der Waals surface area contributed by atoms with Crippen molar-refractivity contribution in [2.45, 2.75) is 6.92 Å². The molecule has 0 atom stereocenters. The maximum absolute atomic E-state index is 13.2. The molecule has 0 aliphatic heterocycles. The molecular weight excluding hydrogens is 169 g/mol. The summed E-state index contributed by atoms with van der Waals surface area (Å²) in [5, 5.41) is 0.646. The second-order valence-electron chi connectivity index (χ2n) is 2.94. The molecule has 13 heavy (non-hydrogen) atoms. The second-order valence-corrected chi connectivity index (χ2v) is 2.94. The van der Waals surface area contributed by atoms with Gasteiger partial charge in [0.2, 0.25) is 0 Å². The maximum atomic E-state index is 13.2. The van der Waals surface area contributed by atoms with Gasteiger partial charge in [-0.15, -0.1) is 0 Å². The normalized spacial score (nSPS) is 10.6. The molecule has 0 bridgehead atoms. The van der Waals surface area contributed by atoms with Crippen LogP contribution in [0.1, 0.15) is 16.1 Å². The van der Waals surface area contributed by atoms with Crippen molar-refractivity contribution in [2.75, 3.05) is 0 Å². The highest BCUT2D eigenvalue weighted by Crippen LogP contribution is 2.22. The van der Waals surface area contributed by atoms with Crippen LogP contribution in [0.2, 0.25) is 0 Å². The first kappa shape index (κ1) is 7.98. The molecule has 0 saturated carbocycles. The molecule has 2 nitrogen and oxygen atoms in total. The highest BCUT2D eigenvalue weighted by atomic mass is 19.1. The van der Waals surface area contributed by atoms with Gasteiger partial charge >= 0.3 is 0 Å². The van der Waals surface area contributed by atoms with Crippen molar-refractivity contribution in [1.29, 1.82) is 0 Å². The number of para-hydroxylation sites is 1. The van der Waals surface area contributed by atoms with E-state index in [1.54, 1.807) is 19.1 Å². The van der Waals surface area contributed by atoms with Crippen LogP contribution < -0.4 is 0 Å². The third kappa shape index (κ3) is 1.04. The van der Waals surface area contributed by atoms with Crippen molar-refractivity contribution in [1.82, 2.24) is 4.98 Å². The number of aryl methyl sites for hydroxylation is 1. The third-order valence-electron chi connectivity index (χ3n) is 2.14. The van der Waals surface area contributed by atoms with Crippen LogP contribution >= 0.6 is 0 Å². The Morgan fingerprint density at radius 2 is 2.23 bits per heavy atom. The van der Waals surface area contributed by atoms with E-state index in [0.29, 0.717) is 22.2 Å². The monoisotopic (exact) mass is 177 g/mol. The summed E-state index contributed by atoms with van der Waals surface area (Å²) >= 11 is 0. The van der Waals surface area contributed by atoms with Gasteiger partial charge in [-0.1, -0.05) is 12.1 Å². The zero-order chi connectivity index (χ0) is 9.42. The van der Waals surface area contributed by atoms with Crippen LogP contribution in [-0.2, 0) is 0 Å². The van der Waals surface area contributed by atoms with Crippen LogP contribution in [-0.4, -0.2) is 11.3 Å². The van der Waals surface area contributed by atoms with E-state index in [1.807, 2.05) is 0 Å². The topological polar surface area (TPSA) is 32.9 Å². The van der Waals surface area contributed by atoms with Crippen LogP contribution in [0.15, 0.2) is 18.2 Å². The molecule has 1 aromatic carbocycles. The van der Waals surface area contributed by atoms with Gasteiger partial charge in [0.25, 0.3) is 0 Å². The van der Waals surface area contributed by atoms with E-state index >= 15 is 0 Å². The minimum atomic E-state index is -0.325. The predicted octanol–water partition coefficient (Wildman–Crippen LogP) is 2.43. The number of benzene rings is 1. The zero-order valence-corrected chi connectivity index (χ0v) is 7.10. The zero-order valence-electron chi connectivity index (χ0n) is 7.10. The van der Waals surface area contributed by atoms with Crippen molar-refractivity contribution >= 4 is 17.2 Å². The fraction of sp³-hybridized carbons (Fsp3) is 0.100. The number of H-pyrrole nitrogens is 1. The Morgan fingerprint density at radius 1 is 1.46 bits per heavy atom. The van der Waals surface area contributed by atoms with Gasteiger partial charge in [-0.25, -0.2) is 4.39 Å². The number of nitrogens with one attached hydrogen (secondary N) is 1. The van der Waals surface area contributed by atoms with Crippen LogP contribution in [0.5, 0.6) is 0 Å². The number of aldehydes is 1. The minimum Gasteiger partial charge on any atom is -0.356 e. The lowest BCUT2D eigenvalue weighted by molar-refractivity contribution is 0.112. The average Bonchev–Trinajstić information content (AvgIpc) is 2.43. The first-order chi connectivity index (χ1) is 6.24. The molecule has 0 amide bonds. The summed E-state index contributed by atoms with van der Waals surface area (Å²) in [7, 11) is 0. The Labute approximate surface area is 74.4 Å². The maximum Gasteiger partial charge on any atom is 0.152 e. The number of aromatic nitrogens is 1. The summed E-state index contributed by atoms with van der Waals surface area (Å²) in [6.07, 6.45) is 0.744. The van der Waals surface area contributed by atoms with Gasteiger partial charge in [0.05, 0.1) is 5.52 Å². The minimum absolute atomic E-state index is 0.325. The number of carbonyl (C=O) groups is 1. The molecule has 3 heteroatoms. The van der Waals surface area contributed by atoms with Crippen molar-refractivity contribution < 1.29 is 9.18 Å². The van der Waals surface area contributed by atoms with Crippen molar-refractivity contribution in [3.05, 3.63) is 35.3 Å². The fourth-order valence-electron chi connectivity index (χ4n) is 1.48. The van der Waals surface area contributed by atoms with E-state index in [1.165, 1.54) is 6.07 Å². The van der Waals surface area contributed by atoms with Crippen LogP contribution in [0, 0.1) is 12.7 Å². The van der Waals surface area contributed by atoms with E-state index in [9.17, 15) is 9.18 Å². The molecule has 0 saturated heterocycles. The summed E-state index contributed by atoms with van der Waals surface area (Å²) < 4.78 is 13.2. The number of hydrogen-bond donors (Lipinski definition) is 1. The third-order valence-corrected chi connectivity index (χ3v) is 2.14. The fourth-order valence-corrected chi connectivity index (χ4v) is 1.48. The summed E-state index contributed by atoms with van der Waals surface area (Å²) in [6.45, 7) is 1.75. The largest absolute Gasteiger partial charge is 0.356 e. The standard InChI is InChI=1S/C10H8FNO/c1-6-8(5-13)7-3-2-4-9(11)10(7)12-6/h2-5,12H,1H3. The summed E-state index contributed by atoms with van der Waals surface area (Å²) in [5.74, 6) is -0.325. The molecular formula is C10H8FNO. The Hall–Kier alpha value is -1.64. The van der Waals surface area contributed by atoms with Crippen LogP contribution in [0.25, 0.3) is 10.9 Å². The highest BCUT2D eigenvalue weighted by Gasteiger charge is 2.09. The molecule has 1 heterocycles. The smallest absolute Gasteiger partial charge is 0.152 e. The highest BCUT2D eigenvalue weighted by molar-refractivity contribution is 5.98. The number of halogens is 1. The van der Waals surface area contributed by atoms with Gasteiger partial charge in [-0.3, -0.25) is 4.79 Å².